The number of carbonyl (C=O) groups is 1. The van der Waals surface area contributed by atoms with Gasteiger partial charge in [-0.3, -0.25) is 4.90 Å². The minimum atomic E-state index is -3.25. The van der Waals surface area contributed by atoms with Gasteiger partial charge in [0.25, 0.3) is 0 Å². The highest BCUT2D eigenvalue weighted by Crippen LogP contribution is 2.26. The van der Waals surface area contributed by atoms with E-state index in [-0.39, 0.29) is 10.9 Å². The summed E-state index contributed by atoms with van der Waals surface area (Å²) in [5, 5.41) is 7.65. The van der Waals surface area contributed by atoms with Crippen LogP contribution in [0.4, 0.5) is 16.4 Å². The second kappa shape index (κ2) is 9.59. The summed E-state index contributed by atoms with van der Waals surface area (Å²) in [7, 11) is -3.25. The maximum absolute atomic E-state index is 11.7. The fourth-order valence-electron chi connectivity index (χ4n) is 4.27. The van der Waals surface area contributed by atoms with Crippen LogP contribution in [0.1, 0.15) is 5.56 Å². The Morgan fingerprint density at radius 2 is 1.69 bits per heavy atom. The number of piperazine rings is 1. The topological polar surface area (TPSA) is 126 Å². The molecule has 2 aromatic heterocycles. The van der Waals surface area contributed by atoms with E-state index >= 15 is 0 Å². The first kappa shape index (κ1) is 23.8. The average molecular weight is 506 g/mol. The Hall–Kier alpha value is -3.96. The van der Waals surface area contributed by atoms with Crippen LogP contribution in [-0.4, -0.2) is 71.3 Å². The number of nitrogens with zero attached hydrogens (tertiary/aromatic N) is 5. The normalized spacial score (nSPS) is 14.8. The van der Waals surface area contributed by atoms with Crippen molar-refractivity contribution in [2.45, 2.75) is 11.4 Å². The molecule has 2 aromatic carbocycles. The summed E-state index contributed by atoms with van der Waals surface area (Å²) in [4.78, 5) is 20.2. The first-order chi connectivity index (χ1) is 17.3. The fraction of sp³-hybridized carbons (Fsp3) is 0.240. The molecule has 0 aliphatic carbocycles. The van der Waals surface area contributed by atoms with Gasteiger partial charge in [0, 0.05) is 56.4 Å². The third-order valence-corrected chi connectivity index (χ3v) is 7.38. The second-order valence-corrected chi connectivity index (χ2v) is 10.9. The minimum absolute atomic E-state index is 0.259. The lowest BCUT2D eigenvalue weighted by Crippen LogP contribution is -2.50. The highest BCUT2D eigenvalue weighted by atomic mass is 32.2. The molecule has 0 saturated carbocycles. The highest BCUT2D eigenvalue weighted by molar-refractivity contribution is 7.90. The Bertz CT molecular complexity index is 1490. The van der Waals surface area contributed by atoms with Crippen LogP contribution >= 0.6 is 0 Å². The van der Waals surface area contributed by atoms with Gasteiger partial charge >= 0.3 is 6.03 Å². The third kappa shape index (κ3) is 5.16. The number of hydrogen-bond donors (Lipinski definition) is 2. The Morgan fingerprint density at radius 1 is 1.00 bits per heavy atom. The van der Waals surface area contributed by atoms with Crippen LogP contribution in [0.2, 0.25) is 0 Å². The molecule has 3 N–H and O–H groups in total. The maximum Gasteiger partial charge on any atom is 0.314 e. The number of sulfone groups is 1. The summed E-state index contributed by atoms with van der Waals surface area (Å²) < 4.78 is 25.1. The second-order valence-electron chi connectivity index (χ2n) is 8.85. The molecule has 0 radical (unpaired) electrons. The average Bonchev–Trinajstić information content (AvgIpc) is 3.27. The molecule has 1 fully saturated rings. The van der Waals surface area contributed by atoms with Gasteiger partial charge in [0.15, 0.2) is 15.5 Å². The number of carbonyl (C=O) groups excluding carboxylic acids is 1. The summed E-state index contributed by atoms with van der Waals surface area (Å²) >= 11 is 0. The van der Waals surface area contributed by atoms with Crippen LogP contribution in [0.25, 0.3) is 16.8 Å². The number of anilines is 2. The summed E-state index contributed by atoms with van der Waals surface area (Å²) in [5.41, 5.74) is 9.95. The van der Waals surface area contributed by atoms with Gasteiger partial charge in [0.05, 0.1) is 4.90 Å². The first-order valence-corrected chi connectivity index (χ1v) is 13.4. The highest BCUT2D eigenvalue weighted by Gasteiger charge is 2.19. The van der Waals surface area contributed by atoms with Crippen LogP contribution in [0, 0.1) is 0 Å². The molecule has 0 atom stereocenters. The molecule has 0 spiro atoms. The number of aromatic nitrogens is 3. The number of amides is 2. The minimum Gasteiger partial charge on any atom is -0.351 e. The largest absolute Gasteiger partial charge is 0.351 e. The van der Waals surface area contributed by atoms with E-state index in [1.165, 1.54) is 11.8 Å². The van der Waals surface area contributed by atoms with Crippen molar-refractivity contribution in [1.29, 1.82) is 0 Å². The maximum atomic E-state index is 11.7. The number of fused-ring (bicyclic) bond motifs is 1. The van der Waals surface area contributed by atoms with Crippen LogP contribution < -0.4 is 11.1 Å². The Morgan fingerprint density at radius 3 is 2.33 bits per heavy atom. The van der Waals surface area contributed by atoms with Crippen molar-refractivity contribution in [3.63, 3.8) is 0 Å². The molecule has 11 heteroatoms. The molecule has 1 saturated heterocycles. The van der Waals surface area contributed by atoms with Gasteiger partial charge in [-0.05, 0) is 47.5 Å². The molecule has 1 aliphatic heterocycles. The standard InChI is InChI=1S/C25H27N7O3S/c1-36(34,35)21-10-8-20(9-11-21)27-25-28-23-22(3-2-12-32(23)29-25)19-6-4-18(5-7-19)17-30-13-15-31(16-14-30)24(26)33/h2-12H,13-17H2,1H3,(H2,26,33)(H,27,29). The summed E-state index contributed by atoms with van der Waals surface area (Å²) in [6.07, 6.45) is 3.02. The number of nitrogens with two attached hydrogens (primary N) is 1. The molecule has 0 bridgehead atoms. The first-order valence-electron chi connectivity index (χ1n) is 11.5. The number of rotatable bonds is 6. The monoisotopic (exact) mass is 505 g/mol. The van der Waals surface area contributed by atoms with E-state index in [1.807, 2.05) is 18.3 Å². The van der Waals surface area contributed by atoms with E-state index in [0.717, 1.165) is 30.8 Å². The van der Waals surface area contributed by atoms with Crippen LogP contribution in [0.5, 0.6) is 0 Å². The van der Waals surface area contributed by atoms with E-state index in [4.69, 9.17) is 5.73 Å². The quantitative estimate of drug-likeness (QED) is 0.413. The van der Waals surface area contributed by atoms with Gasteiger partial charge < -0.3 is 16.0 Å². The zero-order valence-electron chi connectivity index (χ0n) is 19.8. The molecule has 3 heterocycles. The Balaban J connectivity index is 1.30. The summed E-state index contributed by atoms with van der Waals surface area (Å²) in [6, 6.07) is 18.4. The molecule has 1 aliphatic rings. The lowest BCUT2D eigenvalue weighted by atomic mass is 10.0. The number of hydrogen-bond acceptors (Lipinski definition) is 7. The molecule has 10 nitrogen and oxygen atoms in total. The Kier molecular flexibility index (Phi) is 6.33. The summed E-state index contributed by atoms with van der Waals surface area (Å²) in [5.74, 6) is 0.418. The van der Waals surface area contributed by atoms with Crippen molar-refractivity contribution < 1.29 is 13.2 Å². The number of pyridine rings is 1. The smallest absolute Gasteiger partial charge is 0.314 e. The van der Waals surface area contributed by atoms with Crippen molar-refractivity contribution in [1.82, 2.24) is 24.4 Å². The number of benzene rings is 2. The number of nitrogens with one attached hydrogen (secondary N) is 1. The predicted molar refractivity (Wildman–Crippen MR) is 138 cm³/mol. The van der Waals surface area contributed by atoms with Gasteiger partial charge in [-0.2, -0.15) is 4.98 Å². The number of primary amides is 1. The number of urea groups is 1. The van der Waals surface area contributed by atoms with Crippen molar-refractivity contribution >= 4 is 33.2 Å². The van der Waals surface area contributed by atoms with Crippen molar-refractivity contribution in [2.75, 3.05) is 37.8 Å². The SMILES string of the molecule is CS(=O)(=O)c1ccc(Nc2nc3c(-c4ccc(CN5CCN(C(N)=O)CC5)cc4)cccn3n2)cc1. The third-order valence-electron chi connectivity index (χ3n) is 6.26. The van der Waals surface area contributed by atoms with E-state index in [1.54, 1.807) is 33.7 Å². The van der Waals surface area contributed by atoms with Gasteiger partial charge in [-0.15, -0.1) is 5.10 Å². The predicted octanol–water partition coefficient (Wildman–Crippen LogP) is 2.74. The molecule has 0 unspecified atom stereocenters. The van der Waals surface area contributed by atoms with Crippen LogP contribution in [0.3, 0.4) is 0 Å². The zero-order valence-corrected chi connectivity index (χ0v) is 20.6. The van der Waals surface area contributed by atoms with Crippen molar-refractivity contribution in [3.8, 4) is 11.1 Å². The zero-order chi connectivity index (χ0) is 25.3. The van der Waals surface area contributed by atoms with Gasteiger partial charge in [0.2, 0.25) is 5.95 Å². The lowest BCUT2D eigenvalue weighted by Gasteiger charge is -2.33. The molecule has 4 aromatic rings. The van der Waals surface area contributed by atoms with Gasteiger partial charge in [-0.25, -0.2) is 17.7 Å². The molecular formula is C25H27N7O3S. The molecule has 5 rings (SSSR count). The van der Waals surface area contributed by atoms with E-state index in [0.29, 0.717) is 30.4 Å². The van der Waals surface area contributed by atoms with E-state index in [2.05, 4.69) is 44.6 Å². The van der Waals surface area contributed by atoms with Crippen LogP contribution in [-0.2, 0) is 16.4 Å². The van der Waals surface area contributed by atoms with Crippen molar-refractivity contribution in [3.05, 3.63) is 72.4 Å². The van der Waals surface area contributed by atoms with E-state index in [9.17, 15) is 13.2 Å². The molecular weight excluding hydrogens is 478 g/mol. The summed E-state index contributed by atoms with van der Waals surface area (Å²) in [6.45, 7) is 3.72. The fourth-order valence-corrected chi connectivity index (χ4v) is 4.90. The lowest BCUT2D eigenvalue weighted by molar-refractivity contribution is 0.140. The Labute approximate surface area is 209 Å². The van der Waals surface area contributed by atoms with Crippen molar-refractivity contribution in [2.24, 2.45) is 5.73 Å². The van der Waals surface area contributed by atoms with Gasteiger partial charge in [-0.1, -0.05) is 24.3 Å². The van der Waals surface area contributed by atoms with Gasteiger partial charge in [0.1, 0.15) is 0 Å². The molecule has 186 valence electrons. The van der Waals surface area contributed by atoms with Crippen LogP contribution in [0.15, 0.2) is 71.8 Å². The molecule has 36 heavy (non-hydrogen) atoms. The van der Waals surface area contributed by atoms with E-state index < -0.39 is 9.84 Å². The molecule has 2 amide bonds.